The van der Waals surface area contributed by atoms with Crippen LogP contribution in [0.1, 0.15) is 102 Å². The van der Waals surface area contributed by atoms with E-state index >= 15 is 0 Å². The van der Waals surface area contributed by atoms with Crippen LogP contribution < -0.4 is 10.6 Å². The molecular weight excluding hydrogens is 665 g/mol. The van der Waals surface area contributed by atoms with E-state index in [0.29, 0.717) is 67.3 Å². The van der Waals surface area contributed by atoms with Crippen molar-refractivity contribution in [3.8, 4) is 11.1 Å². The highest BCUT2D eigenvalue weighted by atomic mass is 16.5. The Morgan fingerprint density at radius 1 is 0.887 bits per heavy atom. The lowest BCUT2D eigenvalue weighted by molar-refractivity contribution is -0.138. The number of rotatable bonds is 12. The molecule has 4 saturated carbocycles. The van der Waals surface area contributed by atoms with Crippen LogP contribution in [0.2, 0.25) is 0 Å². The summed E-state index contributed by atoms with van der Waals surface area (Å²) in [6.07, 6.45) is 13.5. The van der Waals surface area contributed by atoms with Crippen LogP contribution in [-0.2, 0) is 23.9 Å². The van der Waals surface area contributed by atoms with Crippen molar-refractivity contribution in [3.05, 3.63) is 72.3 Å². The molecule has 0 aromatic heterocycles. The Morgan fingerprint density at radius 2 is 1.51 bits per heavy atom. The van der Waals surface area contributed by atoms with E-state index in [1.807, 2.05) is 24.3 Å². The van der Waals surface area contributed by atoms with Gasteiger partial charge in [-0.1, -0.05) is 82.0 Å². The molecule has 0 heterocycles. The lowest BCUT2D eigenvalue weighted by Gasteiger charge is -2.63. The summed E-state index contributed by atoms with van der Waals surface area (Å²) in [5, 5.41) is 16.6. The molecule has 8 nitrogen and oxygen atoms in total. The number of fused-ring (bicyclic) bond motifs is 8. The molecule has 0 amide bonds. The van der Waals surface area contributed by atoms with Gasteiger partial charge >= 0.3 is 5.97 Å². The van der Waals surface area contributed by atoms with Crippen LogP contribution >= 0.6 is 0 Å². The fourth-order valence-electron chi connectivity index (χ4n) is 12.0. The van der Waals surface area contributed by atoms with Crippen molar-refractivity contribution >= 4 is 18.9 Å². The van der Waals surface area contributed by atoms with Crippen LogP contribution in [0.15, 0.2) is 61.2 Å². The first-order chi connectivity index (χ1) is 25.6. The number of nitrogens with one attached hydrogen (secondary N) is 2. The quantitative estimate of drug-likeness (QED) is 0.114. The van der Waals surface area contributed by atoms with Gasteiger partial charge in [-0.3, -0.25) is 14.4 Å². The fraction of sp³-hybridized carbons (Fsp3) is 0.622. The third-order valence-corrected chi connectivity index (χ3v) is 14.6. The molecule has 2 aromatic carbocycles. The second-order valence-corrected chi connectivity index (χ2v) is 16.9. The Bertz CT molecular complexity index is 1490. The number of carboxylic acid groups (broad SMARTS) is 1. The van der Waals surface area contributed by atoms with Crippen molar-refractivity contribution in [2.75, 3.05) is 27.3 Å². The van der Waals surface area contributed by atoms with Crippen molar-refractivity contribution in [3.63, 3.8) is 0 Å². The number of hydrogen-bond donors (Lipinski definition) is 3. The lowest BCUT2D eigenvalue weighted by atomic mass is 9.43. The van der Waals surface area contributed by atoms with Gasteiger partial charge in [0.15, 0.2) is 0 Å². The van der Waals surface area contributed by atoms with Crippen LogP contribution in [0.5, 0.6) is 0 Å². The third kappa shape index (κ3) is 8.44. The molecule has 8 heteroatoms. The smallest absolute Gasteiger partial charge is 0.303 e. The van der Waals surface area contributed by atoms with E-state index in [1.54, 1.807) is 0 Å². The van der Waals surface area contributed by atoms with Gasteiger partial charge in [0.1, 0.15) is 13.2 Å². The monoisotopic (exact) mass is 728 g/mol. The lowest BCUT2D eigenvalue weighted by Crippen LogP contribution is -2.61. The average molecular weight is 729 g/mol. The molecule has 290 valence electrons. The second kappa shape index (κ2) is 18.2. The van der Waals surface area contributed by atoms with Crippen molar-refractivity contribution in [1.29, 1.82) is 0 Å². The Balaban J connectivity index is 0.000000197. The summed E-state index contributed by atoms with van der Waals surface area (Å²) in [4.78, 5) is 30.8. The van der Waals surface area contributed by atoms with Crippen molar-refractivity contribution in [1.82, 2.24) is 10.6 Å². The van der Waals surface area contributed by atoms with Gasteiger partial charge in [-0.2, -0.15) is 0 Å². The summed E-state index contributed by atoms with van der Waals surface area (Å²) >= 11 is 0. The van der Waals surface area contributed by atoms with Gasteiger partial charge < -0.3 is 25.2 Å². The molecule has 3 N–H and O–H groups in total. The first-order valence-corrected chi connectivity index (χ1v) is 20.0. The predicted octanol–water partition coefficient (Wildman–Crippen LogP) is 8.25. The maximum atomic E-state index is 11.2. The second-order valence-electron chi connectivity index (χ2n) is 16.9. The van der Waals surface area contributed by atoms with E-state index in [4.69, 9.17) is 4.74 Å². The topological polar surface area (TPSA) is 114 Å². The standard InChI is InChI=1S/C26H46N2O2.C15H12O2.C4H6O2/c1-16(6-9-23(29)30)19-7-8-20-24-21(11-13-26(19,20)3)25(2)12-10-18(27-4)14-17(25)15-22(24)28-5;16-10-17-9-15-13-7-3-1-5-11(13)12-6-2-4-8-14(12)15;1-2-3-6-4-5/h16-22,24,27-28H,6-15H2,1-5H3,(H,29,30);1-8,10,15H,9H2;2,4H,1,3H2/t16?,17-,18-,19?,20?,21?,22-,24?,25+,26-;;/m1../s1. The molecule has 2 aromatic rings. The maximum Gasteiger partial charge on any atom is 0.303 e. The molecule has 5 unspecified atom stereocenters. The number of carboxylic acids is 1. The molecule has 0 bridgehead atoms. The van der Waals surface area contributed by atoms with E-state index in [-0.39, 0.29) is 5.92 Å². The number of hydrogen-bond acceptors (Lipinski definition) is 7. The van der Waals surface area contributed by atoms with E-state index in [9.17, 15) is 19.5 Å². The summed E-state index contributed by atoms with van der Waals surface area (Å²) in [6.45, 7) is 12.5. The van der Waals surface area contributed by atoms with Crippen LogP contribution in [-0.4, -0.2) is 63.4 Å². The van der Waals surface area contributed by atoms with E-state index in [1.165, 1.54) is 79.7 Å². The SMILES string of the molecule is C=CCOC=O.CN[C@@H]1CC[C@]2(C)C3CC[C@]4(C)C(C(C)CCC(=O)O)CCC4C3[C@H](NC)C[C@H]2C1.O=COCC1c2ccccc2-c2ccccc21. The molecule has 7 rings (SSSR count). The van der Waals surface area contributed by atoms with Gasteiger partial charge in [-0.05, 0) is 140 Å². The minimum absolute atomic E-state index is 0.174. The molecule has 0 aliphatic heterocycles. The van der Waals surface area contributed by atoms with Gasteiger partial charge in [0.25, 0.3) is 12.9 Å². The van der Waals surface area contributed by atoms with Crippen LogP contribution in [0, 0.1) is 46.3 Å². The number of carbonyl (C=O) groups is 3. The number of carbonyl (C=O) groups excluding carboxylic acids is 2. The summed E-state index contributed by atoms with van der Waals surface area (Å²) < 4.78 is 9.13. The van der Waals surface area contributed by atoms with Crippen LogP contribution in [0.4, 0.5) is 0 Å². The molecule has 0 spiro atoms. The van der Waals surface area contributed by atoms with E-state index in [2.05, 4.69) is 81.1 Å². The average Bonchev–Trinajstić information content (AvgIpc) is 3.69. The van der Waals surface area contributed by atoms with Gasteiger partial charge in [0.05, 0.1) is 0 Å². The molecular formula is C45H64N2O6. The van der Waals surface area contributed by atoms with E-state index < -0.39 is 5.97 Å². The zero-order chi connectivity index (χ0) is 38.2. The minimum Gasteiger partial charge on any atom is -0.481 e. The third-order valence-electron chi connectivity index (χ3n) is 14.6. The van der Waals surface area contributed by atoms with Gasteiger partial charge in [-0.15, -0.1) is 0 Å². The maximum absolute atomic E-state index is 11.2. The fourth-order valence-corrected chi connectivity index (χ4v) is 12.0. The van der Waals surface area contributed by atoms with Crippen LogP contribution in [0.3, 0.4) is 0 Å². The van der Waals surface area contributed by atoms with Crippen molar-refractivity contribution in [2.45, 2.75) is 103 Å². The molecule has 0 radical (unpaired) electrons. The number of ether oxygens (including phenoxy) is 2. The molecule has 53 heavy (non-hydrogen) atoms. The summed E-state index contributed by atoms with van der Waals surface area (Å²) in [7, 11) is 4.35. The zero-order valence-electron chi connectivity index (χ0n) is 32.7. The molecule has 4 fully saturated rings. The van der Waals surface area contributed by atoms with E-state index in [0.717, 1.165) is 30.1 Å². The van der Waals surface area contributed by atoms with Gasteiger partial charge in [0.2, 0.25) is 0 Å². The largest absolute Gasteiger partial charge is 0.481 e. The highest BCUT2D eigenvalue weighted by molar-refractivity contribution is 5.78. The molecule has 5 aliphatic carbocycles. The first kappa shape index (κ1) is 40.7. The number of benzene rings is 2. The zero-order valence-corrected chi connectivity index (χ0v) is 32.7. The van der Waals surface area contributed by atoms with Gasteiger partial charge in [0, 0.05) is 24.4 Å². The normalized spacial score (nSPS) is 32.7. The highest BCUT2D eigenvalue weighted by Crippen LogP contribution is 2.68. The molecule has 0 saturated heterocycles. The molecule has 5 aliphatic rings. The van der Waals surface area contributed by atoms with Crippen molar-refractivity contribution in [2.24, 2.45) is 46.3 Å². The summed E-state index contributed by atoms with van der Waals surface area (Å²) in [6, 6.07) is 17.9. The predicted molar refractivity (Wildman–Crippen MR) is 210 cm³/mol. The Kier molecular flexibility index (Phi) is 14.0. The molecule has 10 atom stereocenters. The highest BCUT2D eigenvalue weighted by Gasteiger charge is 2.62. The van der Waals surface area contributed by atoms with Crippen molar-refractivity contribution < 1.29 is 29.0 Å². The Hall–Kier alpha value is -3.49. The summed E-state index contributed by atoms with van der Waals surface area (Å²) in [5.74, 6) is 4.08. The van der Waals surface area contributed by atoms with Gasteiger partial charge in [-0.25, -0.2) is 0 Å². The first-order valence-electron chi connectivity index (χ1n) is 20.0. The number of aliphatic carboxylic acids is 1. The Morgan fingerprint density at radius 3 is 2.08 bits per heavy atom. The Labute approximate surface area is 317 Å². The van der Waals surface area contributed by atoms with Crippen LogP contribution in [0.25, 0.3) is 11.1 Å². The minimum atomic E-state index is -0.635. The summed E-state index contributed by atoms with van der Waals surface area (Å²) in [5.41, 5.74) is 5.91.